The zero-order valence-electron chi connectivity index (χ0n) is 18.9. The van der Waals surface area contributed by atoms with Crippen molar-refractivity contribution >= 4 is 60.9 Å². The van der Waals surface area contributed by atoms with Crippen molar-refractivity contribution in [3.05, 3.63) is 70.5 Å². The third-order valence-corrected chi connectivity index (χ3v) is 7.12. The van der Waals surface area contributed by atoms with E-state index in [9.17, 15) is 4.79 Å². The number of hydrogen-bond acceptors (Lipinski definition) is 5. The molecule has 4 rings (SSSR count). The highest BCUT2D eigenvalue weighted by Crippen LogP contribution is 2.32. The number of para-hydroxylation sites is 1. The molecule has 0 saturated carbocycles. The van der Waals surface area contributed by atoms with E-state index < -0.39 is 0 Å². The lowest BCUT2D eigenvalue weighted by Crippen LogP contribution is -2.39. The van der Waals surface area contributed by atoms with Gasteiger partial charge in [0, 0.05) is 17.6 Å². The number of halogens is 2. The van der Waals surface area contributed by atoms with Crippen LogP contribution in [-0.4, -0.2) is 51.8 Å². The van der Waals surface area contributed by atoms with Crippen molar-refractivity contribution < 1.29 is 4.79 Å². The largest absolute Gasteiger partial charge is 0.302 e. The fraction of sp³-hybridized carbons (Fsp3) is 0.292. The molecule has 1 amide bonds. The lowest BCUT2D eigenvalue weighted by Gasteiger charge is -2.24. The number of carbonyl (C=O) groups excluding carboxylic acids is 1. The first-order chi connectivity index (χ1) is 15.5. The molecule has 2 aromatic carbocycles. The maximum atomic E-state index is 13.8. The van der Waals surface area contributed by atoms with E-state index in [-0.39, 0.29) is 18.3 Å². The van der Waals surface area contributed by atoms with Gasteiger partial charge in [0.25, 0.3) is 5.91 Å². The molecule has 0 spiro atoms. The summed E-state index contributed by atoms with van der Waals surface area (Å²) in [6, 6.07) is 15.9. The molecule has 33 heavy (non-hydrogen) atoms. The standard InChI is InChI=1S/C24H26BrN5OS.ClH/c1-4-28(5-2)13-14-29(24-27-21-12-11-18(25)15-22(21)32-24)23(31)20-16-26-30(17(20)3)19-9-7-6-8-10-19;/h6-12,15-16H,4-5,13-14H2,1-3H3;1H. The summed E-state index contributed by atoms with van der Waals surface area (Å²) in [5, 5.41) is 5.21. The Morgan fingerprint density at radius 2 is 1.82 bits per heavy atom. The van der Waals surface area contributed by atoms with Crippen LogP contribution in [0.15, 0.2) is 59.2 Å². The van der Waals surface area contributed by atoms with Gasteiger partial charge in [-0.15, -0.1) is 12.4 Å². The molecule has 0 unspecified atom stereocenters. The van der Waals surface area contributed by atoms with Gasteiger partial charge in [0.1, 0.15) is 0 Å². The van der Waals surface area contributed by atoms with Crippen LogP contribution in [0.4, 0.5) is 5.13 Å². The molecule has 0 N–H and O–H groups in total. The lowest BCUT2D eigenvalue weighted by molar-refractivity contribution is 0.0983. The van der Waals surface area contributed by atoms with Crippen LogP contribution < -0.4 is 4.90 Å². The van der Waals surface area contributed by atoms with Gasteiger partial charge in [-0.05, 0) is 50.3 Å². The van der Waals surface area contributed by atoms with Gasteiger partial charge in [-0.25, -0.2) is 9.67 Å². The van der Waals surface area contributed by atoms with Crippen molar-refractivity contribution in [2.45, 2.75) is 20.8 Å². The fourth-order valence-electron chi connectivity index (χ4n) is 3.66. The average molecular weight is 549 g/mol. The fourth-order valence-corrected chi connectivity index (χ4v) is 5.20. The minimum Gasteiger partial charge on any atom is -0.302 e. The molecule has 0 saturated heterocycles. The first-order valence-corrected chi connectivity index (χ1v) is 12.3. The smallest absolute Gasteiger partial charge is 0.263 e. The van der Waals surface area contributed by atoms with Crippen LogP contribution in [0.1, 0.15) is 29.9 Å². The van der Waals surface area contributed by atoms with Gasteiger partial charge < -0.3 is 4.90 Å². The number of amides is 1. The molecule has 4 aromatic rings. The molecule has 9 heteroatoms. The number of likely N-dealkylation sites (N-methyl/N-ethyl adjacent to an activating group) is 1. The summed E-state index contributed by atoms with van der Waals surface area (Å²) >= 11 is 5.06. The van der Waals surface area contributed by atoms with E-state index in [2.05, 4.69) is 39.8 Å². The van der Waals surface area contributed by atoms with Crippen LogP contribution >= 0.6 is 39.7 Å². The Kier molecular flexibility index (Phi) is 8.64. The molecule has 0 aliphatic carbocycles. The molecule has 0 atom stereocenters. The predicted octanol–water partition coefficient (Wildman–Crippen LogP) is 5.96. The molecule has 0 aliphatic rings. The average Bonchev–Trinajstić information content (AvgIpc) is 3.40. The van der Waals surface area contributed by atoms with Gasteiger partial charge in [0.2, 0.25) is 0 Å². The van der Waals surface area contributed by atoms with Gasteiger partial charge in [-0.3, -0.25) is 9.69 Å². The maximum Gasteiger partial charge on any atom is 0.263 e. The zero-order chi connectivity index (χ0) is 22.7. The summed E-state index contributed by atoms with van der Waals surface area (Å²) in [4.78, 5) is 22.6. The summed E-state index contributed by atoms with van der Waals surface area (Å²) in [6.07, 6.45) is 1.67. The second-order valence-corrected chi connectivity index (χ2v) is 9.41. The van der Waals surface area contributed by atoms with Gasteiger partial charge in [0.05, 0.1) is 33.4 Å². The second-order valence-electron chi connectivity index (χ2n) is 7.48. The van der Waals surface area contributed by atoms with Gasteiger partial charge in [-0.1, -0.05) is 59.3 Å². The number of carbonyl (C=O) groups is 1. The highest BCUT2D eigenvalue weighted by molar-refractivity contribution is 9.10. The minimum absolute atomic E-state index is 0. The molecule has 0 bridgehead atoms. The van der Waals surface area contributed by atoms with Crippen LogP contribution in [0.5, 0.6) is 0 Å². The number of rotatable bonds is 8. The Hall–Kier alpha value is -2.26. The molecule has 0 fully saturated rings. The summed E-state index contributed by atoms with van der Waals surface area (Å²) in [7, 11) is 0. The second kappa shape index (κ2) is 11.2. The number of thiazole rings is 1. The normalized spacial score (nSPS) is 11.1. The van der Waals surface area contributed by atoms with Crippen LogP contribution in [-0.2, 0) is 0 Å². The first-order valence-electron chi connectivity index (χ1n) is 10.7. The van der Waals surface area contributed by atoms with E-state index in [1.165, 1.54) is 11.3 Å². The molecule has 6 nitrogen and oxygen atoms in total. The van der Waals surface area contributed by atoms with Crippen molar-refractivity contribution in [1.29, 1.82) is 0 Å². The number of fused-ring (bicyclic) bond motifs is 1. The first kappa shape index (κ1) is 25.4. The Labute approximate surface area is 212 Å². The third-order valence-electron chi connectivity index (χ3n) is 5.59. The highest BCUT2D eigenvalue weighted by Gasteiger charge is 2.25. The number of hydrogen-bond donors (Lipinski definition) is 0. The molecular formula is C24H27BrClN5OS. The van der Waals surface area contributed by atoms with E-state index in [1.807, 2.05) is 60.1 Å². The molecule has 2 heterocycles. The molecule has 174 valence electrons. The van der Waals surface area contributed by atoms with Crippen molar-refractivity contribution in [1.82, 2.24) is 19.7 Å². The molecule has 0 radical (unpaired) electrons. The van der Waals surface area contributed by atoms with Crippen molar-refractivity contribution in [2.24, 2.45) is 0 Å². The third kappa shape index (κ3) is 5.46. The number of nitrogens with zero attached hydrogens (tertiary/aromatic N) is 5. The number of anilines is 1. The monoisotopic (exact) mass is 547 g/mol. The highest BCUT2D eigenvalue weighted by atomic mass is 79.9. The summed E-state index contributed by atoms with van der Waals surface area (Å²) in [5.74, 6) is -0.0741. The maximum absolute atomic E-state index is 13.8. The van der Waals surface area contributed by atoms with E-state index in [1.54, 1.807) is 11.1 Å². The molecule has 2 aromatic heterocycles. The number of benzene rings is 2. The summed E-state index contributed by atoms with van der Waals surface area (Å²) in [6.45, 7) is 9.44. The van der Waals surface area contributed by atoms with Crippen LogP contribution in [0.3, 0.4) is 0 Å². The van der Waals surface area contributed by atoms with Gasteiger partial charge in [0.15, 0.2) is 5.13 Å². The lowest BCUT2D eigenvalue weighted by atomic mass is 10.2. The van der Waals surface area contributed by atoms with Crippen molar-refractivity contribution in [3.63, 3.8) is 0 Å². The summed E-state index contributed by atoms with van der Waals surface area (Å²) in [5.41, 5.74) is 3.24. The zero-order valence-corrected chi connectivity index (χ0v) is 22.1. The van der Waals surface area contributed by atoms with Crippen LogP contribution in [0.25, 0.3) is 15.9 Å². The Morgan fingerprint density at radius 1 is 1.09 bits per heavy atom. The SMILES string of the molecule is CCN(CC)CCN(C(=O)c1cnn(-c2ccccc2)c1C)c1nc2ccc(Br)cc2s1.Cl. The van der Waals surface area contributed by atoms with E-state index in [0.29, 0.717) is 17.2 Å². The van der Waals surface area contributed by atoms with E-state index in [4.69, 9.17) is 4.98 Å². The quantitative estimate of drug-likeness (QED) is 0.272. The van der Waals surface area contributed by atoms with Crippen LogP contribution in [0, 0.1) is 6.92 Å². The van der Waals surface area contributed by atoms with Gasteiger partial charge >= 0.3 is 0 Å². The van der Waals surface area contributed by atoms with Crippen LogP contribution in [0.2, 0.25) is 0 Å². The molecular weight excluding hydrogens is 522 g/mol. The van der Waals surface area contributed by atoms with Gasteiger partial charge in [-0.2, -0.15) is 5.10 Å². The Balaban J connectivity index is 0.00000306. The minimum atomic E-state index is -0.0741. The molecule has 0 aliphatic heterocycles. The van der Waals surface area contributed by atoms with Crippen molar-refractivity contribution in [3.8, 4) is 5.69 Å². The Morgan fingerprint density at radius 3 is 2.52 bits per heavy atom. The topological polar surface area (TPSA) is 54.3 Å². The summed E-state index contributed by atoms with van der Waals surface area (Å²) < 4.78 is 3.86. The predicted molar refractivity (Wildman–Crippen MR) is 142 cm³/mol. The van der Waals surface area contributed by atoms with E-state index >= 15 is 0 Å². The van der Waals surface area contributed by atoms with Crippen molar-refractivity contribution in [2.75, 3.05) is 31.1 Å². The van der Waals surface area contributed by atoms with E-state index in [0.717, 1.165) is 45.7 Å². The number of aromatic nitrogens is 3. The Bertz CT molecular complexity index is 1220.